The molecule has 3 rings (SSSR count). The minimum absolute atomic E-state index is 0.113. The van der Waals surface area contributed by atoms with E-state index in [0.29, 0.717) is 21.7 Å². The molecule has 0 aromatic heterocycles. The number of benzene rings is 3. The lowest BCUT2D eigenvalue weighted by Gasteiger charge is -2.23. The Bertz CT molecular complexity index is 1190. The largest absolute Gasteiger partial charge is 0.465 e. The maximum Gasteiger partial charge on any atom is 0.337 e. The quantitative estimate of drug-likeness (QED) is 0.360. The zero-order valence-corrected chi connectivity index (χ0v) is 19.0. The number of nitrogens with zero attached hydrogens (tertiary/aromatic N) is 1. The molecule has 0 aliphatic rings. The van der Waals surface area contributed by atoms with E-state index in [-0.39, 0.29) is 35.8 Å². The van der Waals surface area contributed by atoms with Crippen molar-refractivity contribution in [1.82, 2.24) is 4.90 Å². The van der Waals surface area contributed by atoms with Crippen LogP contribution in [0.3, 0.4) is 0 Å². The first-order valence-corrected chi connectivity index (χ1v) is 10.5. The number of amides is 1. The van der Waals surface area contributed by atoms with Gasteiger partial charge in [-0.3, -0.25) is 14.4 Å². The molecule has 0 unspecified atom stereocenters. The molecule has 0 spiro atoms. The standard InChI is InChI=1S/C26H22ClNO5/c1-17(29)15-28(16-18-8-10-20(11-9-18)26(32)33-2)25(31)22-13-12-21(27)14-23(22)24(30)19-6-4-3-5-7-19/h3-14H,15-16H2,1-2H3. The molecule has 0 aliphatic heterocycles. The van der Waals surface area contributed by atoms with Crippen LogP contribution < -0.4 is 0 Å². The summed E-state index contributed by atoms with van der Waals surface area (Å²) in [5.74, 6) is -1.49. The highest BCUT2D eigenvalue weighted by atomic mass is 35.5. The van der Waals surface area contributed by atoms with Crippen LogP contribution in [-0.2, 0) is 16.1 Å². The molecule has 3 aromatic carbocycles. The van der Waals surface area contributed by atoms with Gasteiger partial charge in [0.15, 0.2) is 5.78 Å². The Kier molecular flexibility index (Phi) is 7.74. The van der Waals surface area contributed by atoms with E-state index in [9.17, 15) is 19.2 Å². The molecule has 3 aromatic rings. The lowest BCUT2D eigenvalue weighted by molar-refractivity contribution is -0.117. The van der Waals surface area contributed by atoms with Crippen molar-refractivity contribution in [3.05, 3.63) is 106 Å². The van der Waals surface area contributed by atoms with Crippen LogP contribution in [0, 0.1) is 0 Å². The molecule has 7 heteroatoms. The van der Waals surface area contributed by atoms with Crippen LogP contribution in [0.4, 0.5) is 0 Å². The molecular formula is C26H22ClNO5. The van der Waals surface area contributed by atoms with Gasteiger partial charge in [-0.2, -0.15) is 0 Å². The number of hydrogen-bond acceptors (Lipinski definition) is 5. The summed E-state index contributed by atoms with van der Waals surface area (Å²) < 4.78 is 4.70. The van der Waals surface area contributed by atoms with Crippen molar-refractivity contribution in [2.75, 3.05) is 13.7 Å². The molecule has 0 N–H and O–H groups in total. The second-order valence-electron chi connectivity index (χ2n) is 7.44. The third-order valence-corrected chi connectivity index (χ3v) is 5.18. The summed E-state index contributed by atoms with van der Waals surface area (Å²) >= 11 is 6.13. The first kappa shape index (κ1) is 23.9. The maximum atomic E-state index is 13.5. The van der Waals surface area contributed by atoms with E-state index >= 15 is 0 Å². The normalized spacial score (nSPS) is 10.4. The highest BCUT2D eigenvalue weighted by Crippen LogP contribution is 2.22. The predicted octanol–water partition coefficient (Wildman–Crippen LogP) is 4.59. The smallest absolute Gasteiger partial charge is 0.337 e. The Morgan fingerprint density at radius 1 is 0.848 bits per heavy atom. The Labute approximate surface area is 196 Å². The first-order valence-electron chi connectivity index (χ1n) is 10.2. The second-order valence-corrected chi connectivity index (χ2v) is 7.87. The Morgan fingerprint density at radius 3 is 2.12 bits per heavy atom. The van der Waals surface area contributed by atoms with E-state index in [1.54, 1.807) is 54.6 Å². The van der Waals surface area contributed by atoms with Gasteiger partial charge in [0.25, 0.3) is 5.91 Å². The van der Waals surface area contributed by atoms with Gasteiger partial charge in [0.05, 0.1) is 24.8 Å². The van der Waals surface area contributed by atoms with E-state index in [2.05, 4.69) is 0 Å². The maximum absolute atomic E-state index is 13.5. The molecule has 33 heavy (non-hydrogen) atoms. The molecule has 0 atom stereocenters. The molecular weight excluding hydrogens is 442 g/mol. The monoisotopic (exact) mass is 463 g/mol. The van der Waals surface area contributed by atoms with Crippen LogP contribution in [-0.4, -0.2) is 42.0 Å². The van der Waals surface area contributed by atoms with Gasteiger partial charge in [-0.15, -0.1) is 0 Å². The molecule has 168 valence electrons. The number of Topliss-reactive ketones (excluding diaryl/α,β-unsaturated/α-hetero) is 1. The number of carbonyl (C=O) groups excluding carboxylic acids is 4. The van der Waals surface area contributed by atoms with Gasteiger partial charge in [0.1, 0.15) is 5.78 Å². The average molecular weight is 464 g/mol. The van der Waals surface area contributed by atoms with Crippen LogP contribution >= 0.6 is 11.6 Å². The second kappa shape index (κ2) is 10.7. The number of rotatable bonds is 8. The predicted molar refractivity (Wildman–Crippen MR) is 125 cm³/mol. The molecule has 0 saturated heterocycles. The van der Waals surface area contributed by atoms with Gasteiger partial charge in [-0.05, 0) is 42.8 Å². The van der Waals surface area contributed by atoms with Crippen molar-refractivity contribution in [2.24, 2.45) is 0 Å². The molecule has 0 bridgehead atoms. The van der Waals surface area contributed by atoms with E-state index in [1.807, 2.05) is 0 Å². The van der Waals surface area contributed by atoms with Crippen molar-refractivity contribution in [2.45, 2.75) is 13.5 Å². The van der Waals surface area contributed by atoms with Crippen molar-refractivity contribution >= 4 is 35.0 Å². The van der Waals surface area contributed by atoms with Crippen LogP contribution in [0.15, 0.2) is 72.8 Å². The Hall–Kier alpha value is -3.77. The van der Waals surface area contributed by atoms with Crippen LogP contribution in [0.2, 0.25) is 5.02 Å². The first-order chi connectivity index (χ1) is 15.8. The minimum Gasteiger partial charge on any atom is -0.465 e. The molecule has 0 saturated carbocycles. The van der Waals surface area contributed by atoms with Crippen molar-refractivity contribution in [3.8, 4) is 0 Å². The summed E-state index contributed by atoms with van der Waals surface area (Å²) in [7, 11) is 1.30. The fourth-order valence-electron chi connectivity index (χ4n) is 3.36. The summed E-state index contributed by atoms with van der Waals surface area (Å²) in [6, 6.07) is 19.6. The number of ketones is 2. The van der Waals surface area contributed by atoms with Gasteiger partial charge in [-0.1, -0.05) is 54.1 Å². The zero-order valence-electron chi connectivity index (χ0n) is 18.2. The highest BCUT2D eigenvalue weighted by molar-refractivity contribution is 6.31. The lowest BCUT2D eigenvalue weighted by Crippen LogP contribution is -2.35. The topological polar surface area (TPSA) is 80.8 Å². The van der Waals surface area contributed by atoms with E-state index in [0.717, 1.165) is 0 Å². The average Bonchev–Trinajstić information content (AvgIpc) is 2.83. The SMILES string of the molecule is COC(=O)c1ccc(CN(CC(C)=O)C(=O)c2ccc(Cl)cc2C(=O)c2ccccc2)cc1. The summed E-state index contributed by atoms with van der Waals surface area (Å²) in [4.78, 5) is 51.5. The molecule has 6 nitrogen and oxygen atoms in total. The Morgan fingerprint density at radius 2 is 1.52 bits per heavy atom. The van der Waals surface area contributed by atoms with Crippen molar-refractivity contribution in [3.63, 3.8) is 0 Å². The summed E-state index contributed by atoms with van der Waals surface area (Å²) in [5.41, 5.74) is 1.82. The molecule has 0 radical (unpaired) electrons. The summed E-state index contributed by atoms with van der Waals surface area (Å²) in [6.45, 7) is 1.36. The molecule has 1 amide bonds. The zero-order chi connectivity index (χ0) is 24.0. The van der Waals surface area contributed by atoms with E-state index < -0.39 is 11.9 Å². The number of methoxy groups -OCH3 is 1. The summed E-state index contributed by atoms with van der Waals surface area (Å²) in [5, 5.41) is 0.322. The van der Waals surface area contributed by atoms with Crippen LogP contribution in [0.5, 0.6) is 0 Å². The van der Waals surface area contributed by atoms with Gasteiger partial charge in [0, 0.05) is 22.7 Å². The number of esters is 1. The van der Waals surface area contributed by atoms with Gasteiger partial charge in [-0.25, -0.2) is 4.79 Å². The fraction of sp³-hybridized carbons (Fsp3) is 0.154. The third-order valence-electron chi connectivity index (χ3n) is 4.94. The number of carbonyl (C=O) groups is 4. The Balaban J connectivity index is 1.95. The van der Waals surface area contributed by atoms with Crippen LogP contribution in [0.25, 0.3) is 0 Å². The van der Waals surface area contributed by atoms with E-state index in [4.69, 9.17) is 16.3 Å². The third kappa shape index (κ3) is 5.93. The molecule has 0 aliphatic carbocycles. The number of halogens is 1. The van der Waals surface area contributed by atoms with Crippen molar-refractivity contribution in [1.29, 1.82) is 0 Å². The van der Waals surface area contributed by atoms with Gasteiger partial charge in [0.2, 0.25) is 0 Å². The van der Waals surface area contributed by atoms with E-state index in [1.165, 1.54) is 37.1 Å². The fourth-order valence-corrected chi connectivity index (χ4v) is 3.53. The number of ether oxygens (including phenoxy) is 1. The summed E-state index contributed by atoms with van der Waals surface area (Å²) in [6.07, 6.45) is 0. The lowest BCUT2D eigenvalue weighted by atomic mass is 9.97. The minimum atomic E-state index is -0.474. The number of hydrogen-bond donors (Lipinski definition) is 0. The van der Waals surface area contributed by atoms with Crippen molar-refractivity contribution < 1.29 is 23.9 Å². The molecule has 0 heterocycles. The molecule has 0 fully saturated rings. The van der Waals surface area contributed by atoms with Gasteiger partial charge < -0.3 is 9.64 Å². The highest BCUT2D eigenvalue weighted by Gasteiger charge is 2.24. The van der Waals surface area contributed by atoms with Gasteiger partial charge >= 0.3 is 5.97 Å². The van der Waals surface area contributed by atoms with Crippen LogP contribution in [0.1, 0.15) is 49.1 Å².